The number of rotatable bonds is 5. The Bertz CT molecular complexity index is 658. The van der Waals surface area contributed by atoms with Gasteiger partial charge in [-0.3, -0.25) is 4.79 Å². The van der Waals surface area contributed by atoms with Gasteiger partial charge in [-0.1, -0.05) is 24.3 Å². The molecule has 1 amide bonds. The van der Waals surface area contributed by atoms with E-state index in [0.717, 1.165) is 24.0 Å². The van der Waals surface area contributed by atoms with Gasteiger partial charge >= 0.3 is 0 Å². The van der Waals surface area contributed by atoms with Crippen LogP contribution in [0.3, 0.4) is 0 Å². The Morgan fingerprint density at radius 1 is 1.39 bits per heavy atom. The lowest BCUT2D eigenvalue weighted by atomic mass is 9.97. The second-order valence-electron chi connectivity index (χ2n) is 6.18. The monoisotopic (exact) mass is 338 g/mol. The molecule has 0 unspecified atom stereocenters. The Labute approximate surface area is 139 Å². The van der Waals surface area contributed by atoms with E-state index < -0.39 is 10.0 Å². The number of aryl methyl sites for hydroxylation is 1. The van der Waals surface area contributed by atoms with Crippen LogP contribution in [0.2, 0.25) is 0 Å². The van der Waals surface area contributed by atoms with Crippen molar-refractivity contribution in [2.45, 2.75) is 39.7 Å². The van der Waals surface area contributed by atoms with Crippen LogP contribution in [0.15, 0.2) is 24.3 Å². The zero-order valence-corrected chi connectivity index (χ0v) is 14.9. The Morgan fingerprint density at radius 3 is 2.74 bits per heavy atom. The van der Waals surface area contributed by atoms with E-state index in [1.807, 2.05) is 38.1 Å². The summed E-state index contributed by atoms with van der Waals surface area (Å²) >= 11 is 0. The molecule has 2 atom stereocenters. The molecule has 5 nitrogen and oxygen atoms in total. The zero-order valence-electron chi connectivity index (χ0n) is 14.1. The predicted molar refractivity (Wildman–Crippen MR) is 91.5 cm³/mol. The molecular formula is C17H26N2O3S. The van der Waals surface area contributed by atoms with Gasteiger partial charge in [0.1, 0.15) is 0 Å². The van der Waals surface area contributed by atoms with Crippen molar-refractivity contribution in [2.75, 3.05) is 18.8 Å². The second-order valence-corrected chi connectivity index (χ2v) is 8.44. The van der Waals surface area contributed by atoms with Crippen LogP contribution < -0.4 is 5.32 Å². The first-order valence-electron chi connectivity index (χ1n) is 8.19. The van der Waals surface area contributed by atoms with Crippen molar-refractivity contribution >= 4 is 15.9 Å². The van der Waals surface area contributed by atoms with Gasteiger partial charge in [0.25, 0.3) is 0 Å². The summed E-state index contributed by atoms with van der Waals surface area (Å²) in [7, 11) is -3.22. The van der Waals surface area contributed by atoms with Crippen molar-refractivity contribution < 1.29 is 13.2 Å². The van der Waals surface area contributed by atoms with Crippen molar-refractivity contribution in [1.29, 1.82) is 0 Å². The first-order chi connectivity index (χ1) is 10.8. The first-order valence-corrected chi connectivity index (χ1v) is 9.79. The van der Waals surface area contributed by atoms with Crippen LogP contribution in [0.25, 0.3) is 0 Å². The number of carbonyl (C=O) groups is 1. The lowest BCUT2D eigenvalue weighted by molar-refractivity contribution is -0.126. The number of nitrogens with one attached hydrogen (secondary N) is 1. The summed E-state index contributed by atoms with van der Waals surface area (Å²) in [5.41, 5.74) is 2.23. The number of hydrogen-bond acceptors (Lipinski definition) is 3. The van der Waals surface area contributed by atoms with Gasteiger partial charge in [-0.25, -0.2) is 12.7 Å². The molecule has 0 aromatic heterocycles. The molecular weight excluding hydrogens is 312 g/mol. The molecule has 0 radical (unpaired) electrons. The van der Waals surface area contributed by atoms with Gasteiger partial charge in [0, 0.05) is 13.1 Å². The third kappa shape index (κ3) is 4.32. The standard InChI is InChI=1S/C17H26N2O3S/c1-4-23(21,22)19-11-7-9-15(12-19)17(20)18-14(3)16-10-6-5-8-13(16)2/h5-6,8,10,14-15H,4,7,9,11-12H2,1-3H3,(H,18,20)/t14-,15+/m0/s1. The summed E-state index contributed by atoms with van der Waals surface area (Å²) < 4.78 is 25.5. The zero-order chi connectivity index (χ0) is 17.0. The molecule has 6 heteroatoms. The smallest absolute Gasteiger partial charge is 0.224 e. The second kappa shape index (κ2) is 7.45. The number of nitrogens with zero attached hydrogens (tertiary/aromatic N) is 1. The highest BCUT2D eigenvalue weighted by molar-refractivity contribution is 7.89. The minimum atomic E-state index is -3.22. The molecule has 0 bridgehead atoms. The summed E-state index contributed by atoms with van der Waals surface area (Å²) in [6.45, 7) is 6.44. The Hall–Kier alpha value is -1.40. The molecule has 128 valence electrons. The summed E-state index contributed by atoms with van der Waals surface area (Å²) in [4.78, 5) is 12.5. The maximum atomic E-state index is 12.5. The average Bonchev–Trinajstić information content (AvgIpc) is 2.55. The number of benzene rings is 1. The van der Waals surface area contributed by atoms with Gasteiger partial charge in [0.05, 0.1) is 17.7 Å². The Kier molecular flexibility index (Phi) is 5.81. The number of carbonyl (C=O) groups excluding carboxylic acids is 1. The van der Waals surface area contributed by atoms with E-state index in [2.05, 4.69) is 5.32 Å². The van der Waals surface area contributed by atoms with E-state index in [1.54, 1.807) is 6.92 Å². The molecule has 1 aliphatic heterocycles. The molecule has 1 fully saturated rings. The van der Waals surface area contributed by atoms with Crippen LogP contribution >= 0.6 is 0 Å². The van der Waals surface area contributed by atoms with Gasteiger partial charge in [0.2, 0.25) is 15.9 Å². The number of hydrogen-bond donors (Lipinski definition) is 1. The van der Waals surface area contributed by atoms with Crippen LogP contribution in [0.4, 0.5) is 0 Å². The van der Waals surface area contributed by atoms with Crippen molar-refractivity contribution in [3.63, 3.8) is 0 Å². The van der Waals surface area contributed by atoms with Crippen molar-refractivity contribution in [3.05, 3.63) is 35.4 Å². The van der Waals surface area contributed by atoms with E-state index in [0.29, 0.717) is 13.1 Å². The molecule has 1 aromatic carbocycles. The number of amides is 1. The number of piperidine rings is 1. The fourth-order valence-corrected chi connectivity index (χ4v) is 4.25. The molecule has 0 saturated carbocycles. The van der Waals surface area contributed by atoms with Gasteiger partial charge < -0.3 is 5.32 Å². The molecule has 0 aliphatic carbocycles. The third-order valence-corrected chi connectivity index (χ3v) is 6.37. The molecule has 23 heavy (non-hydrogen) atoms. The average molecular weight is 338 g/mol. The van der Waals surface area contributed by atoms with Crippen molar-refractivity contribution in [3.8, 4) is 0 Å². The molecule has 1 aliphatic rings. The number of sulfonamides is 1. The predicted octanol–water partition coefficient (Wildman–Crippen LogP) is 2.23. The molecule has 1 heterocycles. The maximum absolute atomic E-state index is 12.5. The highest BCUT2D eigenvalue weighted by Crippen LogP contribution is 2.22. The van der Waals surface area contributed by atoms with E-state index in [9.17, 15) is 13.2 Å². The van der Waals surface area contributed by atoms with Gasteiger partial charge in [-0.2, -0.15) is 0 Å². The summed E-state index contributed by atoms with van der Waals surface area (Å²) in [5.74, 6) is -0.241. The Morgan fingerprint density at radius 2 is 2.09 bits per heavy atom. The SMILES string of the molecule is CCS(=O)(=O)N1CCC[C@@H](C(=O)N[C@@H](C)c2ccccc2C)C1. The van der Waals surface area contributed by atoms with Crippen LogP contribution in [0.5, 0.6) is 0 Å². The van der Waals surface area contributed by atoms with Crippen LogP contribution in [-0.4, -0.2) is 37.5 Å². The summed E-state index contributed by atoms with van der Waals surface area (Å²) in [6.07, 6.45) is 1.47. The summed E-state index contributed by atoms with van der Waals surface area (Å²) in [5, 5.41) is 3.04. The minimum Gasteiger partial charge on any atom is -0.349 e. The van der Waals surface area contributed by atoms with Gasteiger partial charge in [-0.15, -0.1) is 0 Å². The molecule has 2 rings (SSSR count). The fourth-order valence-electron chi connectivity index (χ4n) is 3.07. The topological polar surface area (TPSA) is 66.5 Å². The van der Waals surface area contributed by atoms with Gasteiger partial charge in [-0.05, 0) is 44.7 Å². The van der Waals surface area contributed by atoms with E-state index >= 15 is 0 Å². The lowest BCUT2D eigenvalue weighted by Gasteiger charge is -2.31. The van der Waals surface area contributed by atoms with E-state index in [-0.39, 0.29) is 23.6 Å². The van der Waals surface area contributed by atoms with Crippen LogP contribution in [0, 0.1) is 12.8 Å². The summed E-state index contributed by atoms with van der Waals surface area (Å²) in [6, 6.07) is 7.88. The highest BCUT2D eigenvalue weighted by atomic mass is 32.2. The highest BCUT2D eigenvalue weighted by Gasteiger charge is 2.31. The Balaban J connectivity index is 2.02. The minimum absolute atomic E-state index is 0.0586. The van der Waals surface area contributed by atoms with Crippen molar-refractivity contribution in [1.82, 2.24) is 9.62 Å². The first kappa shape index (κ1) is 17.9. The largest absolute Gasteiger partial charge is 0.349 e. The normalized spacial score (nSPS) is 20.9. The van der Waals surface area contributed by atoms with Crippen molar-refractivity contribution in [2.24, 2.45) is 5.92 Å². The lowest BCUT2D eigenvalue weighted by Crippen LogP contribution is -2.46. The maximum Gasteiger partial charge on any atom is 0.224 e. The molecule has 0 spiro atoms. The fraction of sp³-hybridized carbons (Fsp3) is 0.588. The third-order valence-electron chi connectivity index (χ3n) is 4.53. The molecule has 1 N–H and O–H groups in total. The quantitative estimate of drug-likeness (QED) is 0.895. The van der Waals surface area contributed by atoms with Crippen LogP contribution in [0.1, 0.15) is 43.9 Å². The van der Waals surface area contributed by atoms with E-state index in [1.165, 1.54) is 4.31 Å². The van der Waals surface area contributed by atoms with Crippen LogP contribution in [-0.2, 0) is 14.8 Å². The van der Waals surface area contributed by atoms with E-state index in [4.69, 9.17) is 0 Å². The van der Waals surface area contributed by atoms with Gasteiger partial charge in [0.15, 0.2) is 0 Å². The molecule has 1 aromatic rings. The molecule has 1 saturated heterocycles.